The summed E-state index contributed by atoms with van der Waals surface area (Å²) in [4.78, 5) is 16.3. The van der Waals surface area contributed by atoms with E-state index in [1.54, 1.807) is 16.2 Å². The van der Waals surface area contributed by atoms with E-state index < -0.39 is 0 Å². The van der Waals surface area contributed by atoms with Crippen molar-refractivity contribution in [3.63, 3.8) is 0 Å². The summed E-state index contributed by atoms with van der Waals surface area (Å²) in [6.45, 7) is 4.11. The van der Waals surface area contributed by atoms with E-state index in [2.05, 4.69) is 6.92 Å². The quantitative estimate of drug-likeness (QED) is 0.871. The molecule has 106 valence electrons. The number of hydrogen-bond acceptors (Lipinski definition) is 3. The highest BCUT2D eigenvalue weighted by atomic mass is 32.1. The monoisotopic (exact) mass is 288 g/mol. The second-order valence-electron chi connectivity index (χ2n) is 4.88. The van der Waals surface area contributed by atoms with Gasteiger partial charge >= 0.3 is 0 Å². The Kier molecular flexibility index (Phi) is 4.45. The van der Waals surface area contributed by atoms with Gasteiger partial charge in [0, 0.05) is 17.6 Å². The van der Waals surface area contributed by atoms with Gasteiger partial charge in [0.25, 0.3) is 5.91 Å². The van der Waals surface area contributed by atoms with E-state index in [0.717, 1.165) is 22.5 Å². The van der Waals surface area contributed by atoms with Crippen molar-refractivity contribution in [2.75, 3.05) is 12.8 Å². The first-order chi connectivity index (χ1) is 9.52. The Morgan fingerprint density at radius 1 is 1.35 bits per heavy atom. The van der Waals surface area contributed by atoms with Crippen LogP contribution in [0.5, 0.6) is 0 Å². The lowest BCUT2D eigenvalue weighted by Crippen LogP contribution is -2.29. The van der Waals surface area contributed by atoms with Gasteiger partial charge in [0.05, 0.1) is 10.9 Å². The summed E-state index contributed by atoms with van der Waals surface area (Å²) in [5, 5.41) is 0. The summed E-state index contributed by atoms with van der Waals surface area (Å²) in [5.41, 5.74) is 7.57. The van der Waals surface area contributed by atoms with Crippen LogP contribution in [-0.4, -0.2) is 17.9 Å². The Bertz CT molecular complexity index is 606. The van der Waals surface area contributed by atoms with Gasteiger partial charge in [-0.15, -0.1) is 11.3 Å². The van der Waals surface area contributed by atoms with E-state index in [-0.39, 0.29) is 11.9 Å². The molecule has 0 saturated carbocycles. The fraction of sp³-hybridized carbons (Fsp3) is 0.312. The van der Waals surface area contributed by atoms with Crippen LogP contribution in [0.4, 0.5) is 5.69 Å². The molecule has 0 aliphatic carbocycles. The minimum absolute atomic E-state index is 0.00169. The number of anilines is 1. The Hall–Kier alpha value is -1.81. The number of nitrogens with zero attached hydrogens (tertiary/aromatic N) is 1. The standard InChI is InChI=1S/C16H20N2OS/c1-4-14-8-9-15(20-14)16(19)18(3)11(2)12-6-5-7-13(17)10-12/h5-11H,4,17H2,1-3H3. The average molecular weight is 288 g/mol. The maximum atomic E-state index is 12.5. The second-order valence-corrected chi connectivity index (χ2v) is 6.05. The van der Waals surface area contributed by atoms with Gasteiger partial charge in [-0.05, 0) is 43.2 Å². The molecule has 1 unspecified atom stereocenters. The average Bonchev–Trinajstić information content (AvgIpc) is 2.93. The van der Waals surface area contributed by atoms with Gasteiger partial charge in [-0.2, -0.15) is 0 Å². The first-order valence-electron chi connectivity index (χ1n) is 6.74. The van der Waals surface area contributed by atoms with Gasteiger partial charge < -0.3 is 10.6 Å². The lowest BCUT2D eigenvalue weighted by Gasteiger charge is -2.25. The lowest BCUT2D eigenvalue weighted by atomic mass is 10.1. The van der Waals surface area contributed by atoms with E-state index >= 15 is 0 Å². The van der Waals surface area contributed by atoms with Gasteiger partial charge in [-0.1, -0.05) is 19.1 Å². The zero-order valence-electron chi connectivity index (χ0n) is 12.1. The Balaban J connectivity index is 2.17. The van der Waals surface area contributed by atoms with Crippen molar-refractivity contribution in [1.29, 1.82) is 0 Å². The summed E-state index contributed by atoms with van der Waals surface area (Å²) in [6, 6.07) is 11.6. The largest absolute Gasteiger partial charge is 0.399 e. The summed E-state index contributed by atoms with van der Waals surface area (Å²) in [5.74, 6) is 0.0598. The number of nitrogens with two attached hydrogens (primary N) is 1. The highest BCUT2D eigenvalue weighted by Crippen LogP contribution is 2.25. The molecule has 2 N–H and O–H groups in total. The molecule has 0 spiro atoms. The SMILES string of the molecule is CCc1ccc(C(=O)N(C)C(C)c2cccc(N)c2)s1. The van der Waals surface area contributed by atoms with E-state index in [1.165, 1.54) is 4.88 Å². The van der Waals surface area contributed by atoms with Crippen LogP contribution in [0.1, 0.15) is 40.0 Å². The minimum atomic E-state index is -0.00169. The van der Waals surface area contributed by atoms with Crippen LogP contribution in [0.2, 0.25) is 0 Å². The minimum Gasteiger partial charge on any atom is -0.399 e. The maximum Gasteiger partial charge on any atom is 0.264 e. The molecule has 20 heavy (non-hydrogen) atoms. The zero-order chi connectivity index (χ0) is 14.7. The third kappa shape index (κ3) is 3.02. The zero-order valence-corrected chi connectivity index (χ0v) is 12.9. The molecule has 2 aromatic rings. The first-order valence-corrected chi connectivity index (χ1v) is 7.56. The van der Waals surface area contributed by atoms with Gasteiger partial charge in [0.15, 0.2) is 0 Å². The fourth-order valence-electron chi connectivity index (χ4n) is 2.08. The predicted octanol–water partition coefficient (Wildman–Crippen LogP) is 3.73. The van der Waals surface area contributed by atoms with Crippen LogP contribution in [-0.2, 0) is 6.42 Å². The van der Waals surface area contributed by atoms with Gasteiger partial charge in [-0.3, -0.25) is 4.79 Å². The third-order valence-corrected chi connectivity index (χ3v) is 4.73. The smallest absolute Gasteiger partial charge is 0.264 e. The molecular formula is C16H20N2OS. The third-order valence-electron chi connectivity index (χ3n) is 3.52. The maximum absolute atomic E-state index is 12.5. The topological polar surface area (TPSA) is 46.3 Å². The van der Waals surface area contributed by atoms with E-state index in [4.69, 9.17) is 5.73 Å². The summed E-state index contributed by atoms with van der Waals surface area (Å²) >= 11 is 1.57. The number of carbonyl (C=O) groups is 1. The molecule has 1 aromatic carbocycles. The number of thiophene rings is 1. The van der Waals surface area contributed by atoms with Crippen LogP contribution in [0.15, 0.2) is 36.4 Å². The predicted molar refractivity (Wildman–Crippen MR) is 85.1 cm³/mol. The van der Waals surface area contributed by atoms with Crippen molar-refractivity contribution < 1.29 is 4.79 Å². The van der Waals surface area contributed by atoms with Crippen LogP contribution in [0, 0.1) is 0 Å². The number of aryl methyl sites for hydroxylation is 1. The molecule has 0 fully saturated rings. The summed E-state index contributed by atoms with van der Waals surface area (Å²) < 4.78 is 0. The molecule has 0 saturated heterocycles. The van der Waals surface area contributed by atoms with Gasteiger partial charge in [-0.25, -0.2) is 0 Å². The number of hydrogen-bond donors (Lipinski definition) is 1. The van der Waals surface area contributed by atoms with Crippen LogP contribution < -0.4 is 5.73 Å². The van der Waals surface area contributed by atoms with Crippen molar-refractivity contribution in [2.24, 2.45) is 0 Å². The molecule has 4 heteroatoms. The van der Waals surface area contributed by atoms with Crippen molar-refractivity contribution in [1.82, 2.24) is 4.90 Å². The van der Waals surface area contributed by atoms with Crippen molar-refractivity contribution >= 4 is 22.9 Å². The molecule has 1 heterocycles. The molecule has 2 rings (SSSR count). The van der Waals surface area contributed by atoms with E-state index in [0.29, 0.717) is 0 Å². The highest BCUT2D eigenvalue weighted by Gasteiger charge is 2.20. The van der Waals surface area contributed by atoms with Crippen LogP contribution >= 0.6 is 11.3 Å². The van der Waals surface area contributed by atoms with Crippen LogP contribution in [0.3, 0.4) is 0 Å². The lowest BCUT2D eigenvalue weighted by molar-refractivity contribution is 0.0747. The van der Waals surface area contributed by atoms with Crippen molar-refractivity contribution in [2.45, 2.75) is 26.3 Å². The van der Waals surface area contributed by atoms with Gasteiger partial charge in [0.2, 0.25) is 0 Å². The molecule has 0 aliphatic heterocycles. The molecule has 0 radical (unpaired) electrons. The summed E-state index contributed by atoms with van der Waals surface area (Å²) in [7, 11) is 1.83. The van der Waals surface area contributed by atoms with Crippen molar-refractivity contribution in [3.05, 3.63) is 51.7 Å². The van der Waals surface area contributed by atoms with Gasteiger partial charge in [0.1, 0.15) is 0 Å². The fourth-order valence-corrected chi connectivity index (χ4v) is 3.01. The highest BCUT2D eigenvalue weighted by molar-refractivity contribution is 7.14. The Morgan fingerprint density at radius 3 is 2.70 bits per heavy atom. The molecule has 0 bridgehead atoms. The first kappa shape index (κ1) is 14.6. The molecule has 1 atom stereocenters. The molecule has 0 aliphatic rings. The Labute approximate surface area is 124 Å². The molecule has 1 amide bonds. The number of rotatable bonds is 4. The molecular weight excluding hydrogens is 268 g/mol. The number of nitrogen functional groups attached to an aromatic ring is 1. The van der Waals surface area contributed by atoms with Crippen molar-refractivity contribution in [3.8, 4) is 0 Å². The summed E-state index contributed by atoms with van der Waals surface area (Å²) in [6.07, 6.45) is 0.965. The second kappa shape index (κ2) is 6.09. The normalized spacial score (nSPS) is 12.2. The number of benzene rings is 1. The Morgan fingerprint density at radius 2 is 2.10 bits per heavy atom. The molecule has 3 nitrogen and oxygen atoms in total. The van der Waals surface area contributed by atoms with E-state index in [9.17, 15) is 4.79 Å². The number of carbonyl (C=O) groups excluding carboxylic acids is 1. The molecule has 1 aromatic heterocycles. The van der Waals surface area contributed by atoms with E-state index in [1.807, 2.05) is 50.4 Å². The number of amides is 1. The van der Waals surface area contributed by atoms with Crippen LogP contribution in [0.25, 0.3) is 0 Å².